The second-order valence-corrected chi connectivity index (χ2v) is 4.22. The van der Waals surface area contributed by atoms with E-state index in [1.807, 2.05) is 10.9 Å². The van der Waals surface area contributed by atoms with Gasteiger partial charge < -0.3 is 10.0 Å². The van der Waals surface area contributed by atoms with Crippen LogP contribution in [0.15, 0.2) is 6.20 Å². The molecule has 0 unspecified atom stereocenters. The van der Waals surface area contributed by atoms with Gasteiger partial charge in [-0.1, -0.05) is 11.6 Å². The van der Waals surface area contributed by atoms with Crippen LogP contribution in [0.3, 0.4) is 0 Å². The summed E-state index contributed by atoms with van der Waals surface area (Å²) in [5, 5.41) is 16.7. The molecule has 1 aromatic rings. The van der Waals surface area contributed by atoms with Gasteiger partial charge in [-0.05, 0) is 26.4 Å². The molecule has 1 atom stereocenters. The highest BCUT2D eigenvalue weighted by Gasteiger charge is 2.19. The van der Waals surface area contributed by atoms with Crippen molar-refractivity contribution in [3.8, 4) is 0 Å². The summed E-state index contributed by atoms with van der Waals surface area (Å²) in [4.78, 5) is 2.38. The Balaban J connectivity index is 1.95. The number of rotatable bonds is 3. The van der Waals surface area contributed by atoms with Crippen LogP contribution in [0.2, 0.25) is 0 Å². The van der Waals surface area contributed by atoms with Gasteiger partial charge in [-0.3, -0.25) is 4.68 Å². The van der Waals surface area contributed by atoms with Crippen molar-refractivity contribution in [2.24, 2.45) is 0 Å². The molecule has 2 heterocycles. The predicted octanol–water partition coefficient (Wildman–Crippen LogP) is 0.255. The average molecular weight is 210 g/mol. The maximum atomic E-state index is 8.88. The maximum Gasteiger partial charge on any atom is 0.108 e. The fraction of sp³-hybridized carbons (Fsp3) is 0.800. The number of aromatic nitrogens is 3. The van der Waals surface area contributed by atoms with Gasteiger partial charge in [0.25, 0.3) is 0 Å². The first kappa shape index (κ1) is 10.6. The largest absolute Gasteiger partial charge is 0.390 e. The molecule has 0 saturated carbocycles. The van der Waals surface area contributed by atoms with Gasteiger partial charge >= 0.3 is 0 Å². The van der Waals surface area contributed by atoms with Crippen LogP contribution in [0.1, 0.15) is 25.0 Å². The fourth-order valence-electron chi connectivity index (χ4n) is 2.09. The molecule has 1 fully saturated rings. The molecule has 0 aromatic carbocycles. The van der Waals surface area contributed by atoms with Crippen molar-refractivity contribution in [3.63, 3.8) is 0 Å². The Morgan fingerprint density at radius 2 is 2.40 bits per heavy atom. The van der Waals surface area contributed by atoms with E-state index in [4.69, 9.17) is 5.11 Å². The van der Waals surface area contributed by atoms with E-state index in [1.54, 1.807) is 0 Å². The minimum absolute atomic E-state index is 0.0273. The molecule has 0 aliphatic carbocycles. The molecule has 0 amide bonds. The van der Waals surface area contributed by atoms with E-state index < -0.39 is 0 Å². The summed E-state index contributed by atoms with van der Waals surface area (Å²) in [6, 6.07) is 0.562. The standard InChI is InChI=1S/C10H18N4O/c1-13-5-3-2-4-10(13)7-14-6-9(8-15)11-12-14/h6,10,15H,2-5,7-8H2,1H3/t10-/m0/s1. The summed E-state index contributed by atoms with van der Waals surface area (Å²) in [5.41, 5.74) is 0.647. The first-order chi connectivity index (χ1) is 7.29. The summed E-state index contributed by atoms with van der Waals surface area (Å²) in [6.45, 7) is 2.02. The molecule has 0 spiro atoms. The molecule has 5 nitrogen and oxygen atoms in total. The molecular formula is C10H18N4O. The zero-order chi connectivity index (χ0) is 10.7. The second kappa shape index (κ2) is 4.72. The highest BCUT2D eigenvalue weighted by molar-refractivity contribution is 4.89. The molecule has 84 valence electrons. The molecule has 1 aromatic heterocycles. The van der Waals surface area contributed by atoms with Crippen LogP contribution >= 0.6 is 0 Å². The monoisotopic (exact) mass is 210 g/mol. The number of likely N-dealkylation sites (tertiary alicyclic amines) is 1. The zero-order valence-electron chi connectivity index (χ0n) is 9.13. The van der Waals surface area contributed by atoms with Gasteiger partial charge in [0.2, 0.25) is 0 Å². The fourth-order valence-corrected chi connectivity index (χ4v) is 2.09. The number of hydrogen-bond acceptors (Lipinski definition) is 4. The zero-order valence-corrected chi connectivity index (χ0v) is 9.13. The third-order valence-electron chi connectivity index (χ3n) is 3.07. The maximum absolute atomic E-state index is 8.88. The normalized spacial score (nSPS) is 23.2. The van der Waals surface area contributed by atoms with Gasteiger partial charge in [0.15, 0.2) is 0 Å². The summed E-state index contributed by atoms with van der Waals surface area (Å²) < 4.78 is 1.83. The number of aliphatic hydroxyl groups is 1. The molecule has 2 rings (SSSR count). The van der Waals surface area contributed by atoms with Crippen molar-refractivity contribution in [3.05, 3.63) is 11.9 Å². The summed E-state index contributed by atoms with van der Waals surface area (Å²) in [5.74, 6) is 0. The van der Waals surface area contributed by atoms with Crippen molar-refractivity contribution in [1.82, 2.24) is 19.9 Å². The van der Waals surface area contributed by atoms with Crippen molar-refractivity contribution in [2.75, 3.05) is 13.6 Å². The molecule has 1 saturated heterocycles. The molecule has 1 aliphatic rings. The molecule has 15 heavy (non-hydrogen) atoms. The van der Waals surface area contributed by atoms with Crippen LogP contribution in [0.4, 0.5) is 0 Å². The molecule has 5 heteroatoms. The number of hydrogen-bond donors (Lipinski definition) is 1. The number of likely N-dealkylation sites (N-methyl/N-ethyl adjacent to an activating group) is 1. The smallest absolute Gasteiger partial charge is 0.108 e. The summed E-state index contributed by atoms with van der Waals surface area (Å²) in [7, 11) is 2.16. The van der Waals surface area contributed by atoms with E-state index in [0.29, 0.717) is 11.7 Å². The molecule has 1 N–H and O–H groups in total. The Labute approximate surface area is 89.7 Å². The van der Waals surface area contributed by atoms with E-state index in [1.165, 1.54) is 25.8 Å². The van der Waals surface area contributed by atoms with E-state index in [-0.39, 0.29) is 6.61 Å². The minimum atomic E-state index is -0.0273. The van der Waals surface area contributed by atoms with Crippen LogP contribution in [0.25, 0.3) is 0 Å². The lowest BCUT2D eigenvalue weighted by Crippen LogP contribution is -2.39. The predicted molar refractivity (Wildman–Crippen MR) is 56.2 cm³/mol. The number of piperidine rings is 1. The van der Waals surface area contributed by atoms with E-state index in [0.717, 1.165) is 6.54 Å². The van der Waals surface area contributed by atoms with Crippen LogP contribution in [0.5, 0.6) is 0 Å². The van der Waals surface area contributed by atoms with Gasteiger partial charge in [-0.15, -0.1) is 5.10 Å². The van der Waals surface area contributed by atoms with Crippen LogP contribution in [-0.4, -0.2) is 44.6 Å². The highest BCUT2D eigenvalue weighted by atomic mass is 16.3. The van der Waals surface area contributed by atoms with Crippen LogP contribution in [0, 0.1) is 0 Å². The van der Waals surface area contributed by atoms with E-state index in [9.17, 15) is 0 Å². The van der Waals surface area contributed by atoms with Crippen molar-refractivity contribution in [1.29, 1.82) is 0 Å². The Morgan fingerprint density at radius 1 is 1.53 bits per heavy atom. The van der Waals surface area contributed by atoms with Crippen LogP contribution in [-0.2, 0) is 13.2 Å². The molecule has 1 aliphatic heterocycles. The Hall–Kier alpha value is -0.940. The van der Waals surface area contributed by atoms with Gasteiger partial charge in [0, 0.05) is 6.04 Å². The highest BCUT2D eigenvalue weighted by Crippen LogP contribution is 2.16. The molecule has 0 radical (unpaired) electrons. The summed E-state index contributed by atoms with van der Waals surface area (Å²) >= 11 is 0. The first-order valence-corrected chi connectivity index (χ1v) is 5.49. The quantitative estimate of drug-likeness (QED) is 0.777. The topological polar surface area (TPSA) is 54.2 Å². The van der Waals surface area contributed by atoms with Crippen LogP contribution < -0.4 is 0 Å². The summed E-state index contributed by atoms with van der Waals surface area (Å²) in [6.07, 6.45) is 5.65. The lowest BCUT2D eigenvalue weighted by Gasteiger charge is -2.32. The third kappa shape index (κ3) is 2.54. The Kier molecular flexibility index (Phi) is 3.33. The molecular weight excluding hydrogens is 192 g/mol. The number of aliphatic hydroxyl groups excluding tert-OH is 1. The van der Waals surface area contributed by atoms with E-state index in [2.05, 4.69) is 22.3 Å². The SMILES string of the molecule is CN1CCCC[C@H]1Cn1cc(CO)nn1. The lowest BCUT2D eigenvalue weighted by atomic mass is 10.0. The molecule has 0 bridgehead atoms. The first-order valence-electron chi connectivity index (χ1n) is 5.49. The lowest BCUT2D eigenvalue weighted by molar-refractivity contribution is 0.162. The van der Waals surface area contributed by atoms with Crippen molar-refractivity contribution < 1.29 is 5.11 Å². The average Bonchev–Trinajstić information content (AvgIpc) is 2.69. The minimum Gasteiger partial charge on any atom is -0.390 e. The van der Waals surface area contributed by atoms with Gasteiger partial charge in [-0.2, -0.15) is 0 Å². The Morgan fingerprint density at radius 3 is 3.07 bits per heavy atom. The van der Waals surface area contributed by atoms with Crippen molar-refractivity contribution in [2.45, 2.75) is 38.5 Å². The van der Waals surface area contributed by atoms with Gasteiger partial charge in [-0.25, -0.2) is 0 Å². The Bertz CT molecular complexity index is 312. The van der Waals surface area contributed by atoms with Crippen molar-refractivity contribution >= 4 is 0 Å². The van der Waals surface area contributed by atoms with Gasteiger partial charge in [0.1, 0.15) is 5.69 Å². The second-order valence-electron chi connectivity index (χ2n) is 4.22. The number of nitrogens with zero attached hydrogens (tertiary/aromatic N) is 4. The third-order valence-corrected chi connectivity index (χ3v) is 3.07. The van der Waals surface area contributed by atoms with Gasteiger partial charge in [0.05, 0.1) is 19.3 Å². The van der Waals surface area contributed by atoms with E-state index >= 15 is 0 Å².